The standard InChI is InChI=1S/C19H25NO3S/c1-14(8-9-18-10-11-19(24-18)15(2)21)20-12-16(22)13-23-17-6-4-3-5-7-17/h3-7,10-11,14,16,20,22H,8-9,12-13H2,1-2H3. The van der Waals surface area contributed by atoms with E-state index >= 15 is 0 Å². The van der Waals surface area contributed by atoms with Crippen molar-refractivity contribution < 1.29 is 14.6 Å². The highest BCUT2D eigenvalue weighted by Gasteiger charge is 2.10. The highest BCUT2D eigenvalue weighted by atomic mass is 32.1. The average molecular weight is 347 g/mol. The average Bonchev–Trinajstić information content (AvgIpc) is 3.06. The molecule has 2 atom stereocenters. The Morgan fingerprint density at radius 3 is 2.67 bits per heavy atom. The minimum atomic E-state index is -0.543. The van der Waals surface area contributed by atoms with Crippen molar-refractivity contribution in [3.05, 3.63) is 52.2 Å². The summed E-state index contributed by atoms with van der Waals surface area (Å²) in [5.74, 6) is 0.891. The molecule has 0 radical (unpaired) electrons. The zero-order valence-corrected chi connectivity index (χ0v) is 15.0. The SMILES string of the molecule is CC(=O)c1ccc(CCC(C)NCC(O)COc2ccccc2)s1. The number of ether oxygens (including phenoxy) is 1. The van der Waals surface area contributed by atoms with Crippen LogP contribution in [0.3, 0.4) is 0 Å². The van der Waals surface area contributed by atoms with Crippen LogP contribution < -0.4 is 10.1 Å². The topological polar surface area (TPSA) is 58.6 Å². The van der Waals surface area contributed by atoms with Crippen LogP contribution in [0.5, 0.6) is 5.75 Å². The lowest BCUT2D eigenvalue weighted by Gasteiger charge is -2.17. The molecule has 0 aliphatic carbocycles. The lowest BCUT2D eigenvalue weighted by molar-refractivity contribution is 0.102. The van der Waals surface area contributed by atoms with Gasteiger partial charge in [-0.25, -0.2) is 0 Å². The molecule has 1 aromatic carbocycles. The lowest BCUT2D eigenvalue weighted by Crippen LogP contribution is -2.36. The zero-order chi connectivity index (χ0) is 17.4. The first-order valence-corrected chi connectivity index (χ1v) is 9.05. The Morgan fingerprint density at radius 2 is 2.00 bits per heavy atom. The minimum Gasteiger partial charge on any atom is -0.491 e. The first-order valence-electron chi connectivity index (χ1n) is 8.23. The maximum absolute atomic E-state index is 11.3. The van der Waals surface area contributed by atoms with Crippen LogP contribution in [-0.2, 0) is 6.42 Å². The largest absolute Gasteiger partial charge is 0.491 e. The second-order valence-electron chi connectivity index (χ2n) is 5.95. The maximum Gasteiger partial charge on any atom is 0.169 e. The minimum absolute atomic E-state index is 0.124. The van der Waals surface area contributed by atoms with Crippen LogP contribution in [-0.4, -0.2) is 36.2 Å². The van der Waals surface area contributed by atoms with Crippen LogP contribution in [0, 0.1) is 0 Å². The van der Waals surface area contributed by atoms with E-state index in [1.54, 1.807) is 18.3 Å². The van der Waals surface area contributed by atoms with E-state index in [4.69, 9.17) is 4.74 Å². The fraction of sp³-hybridized carbons (Fsp3) is 0.421. The molecule has 2 N–H and O–H groups in total. The molecule has 0 saturated heterocycles. The summed E-state index contributed by atoms with van der Waals surface area (Å²) >= 11 is 1.57. The number of ketones is 1. The monoisotopic (exact) mass is 347 g/mol. The number of aliphatic hydroxyl groups is 1. The number of Topliss-reactive ketones (excluding diaryl/α,β-unsaturated/α-hetero) is 1. The van der Waals surface area contributed by atoms with Crippen LogP contribution in [0.1, 0.15) is 34.8 Å². The number of carbonyl (C=O) groups excluding carboxylic acids is 1. The molecule has 0 spiro atoms. The second kappa shape index (κ2) is 9.57. The van der Waals surface area contributed by atoms with Gasteiger partial charge in [-0.1, -0.05) is 18.2 Å². The van der Waals surface area contributed by atoms with Gasteiger partial charge in [-0.05, 0) is 51.0 Å². The van der Waals surface area contributed by atoms with Crippen molar-refractivity contribution in [1.29, 1.82) is 0 Å². The molecule has 2 aromatic rings. The number of nitrogens with one attached hydrogen (secondary N) is 1. The van der Waals surface area contributed by atoms with Crippen molar-refractivity contribution >= 4 is 17.1 Å². The number of thiophene rings is 1. The smallest absolute Gasteiger partial charge is 0.169 e. The lowest BCUT2D eigenvalue weighted by atomic mass is 10.1. The van der Waals surface area contributed by atoms with Crippen LogP contribution in [0.25, 0.3) is 0 Å². The number of rotatable bonds is 10. The number of hydrogen-bond acceptors (Lipinski definition) is 5. The van der Waals surface area contributed by atoms with E-state index in [-0.39, 0.29) is 12.4 Å². The molecule has 0 aliphatic rings. The van der Waals surface area contributed by atoms with Crippen LogP contribution in [0.4, 0.5) is 0 Å². The highest BCUT2D eigenvalue weighted by molar-refractivity contribution is 7.14. The van der Waals surface area contributed by atoms with Crippen LogP contribution in [0.15, 0.2) is 42.5 Å². The van der Waals surface area contributed by atoms with Crippen molar-refractivity contribution in [2.75, 3.05) is 13.2 Å². The van der Waals surface area contributed by atoms with Gasteiger partial charge in [0.1, 0.15) is 18.5 Å². The molecule has 0 amide bonds. The Bertz CT molecular complexity index is 627. The summed E-state index contributed by atoms with van der Waals surface area (Å²) in [4.78, 5) is 13.3. The molecule has 4 nitrogen and oxygen atoms in total. The molecule has 5 heteroatoms. The second-order valence-corrected chi connectivity index (χ2v) is 7.12. The van der Waals surface area contributed by atoms with E-state index in [1.807, 2.05) is 42.5 Å². The number of carbonyl (C=O) groups is 1. The van der Waals surface area contributed by atoms with Gasteiger partial charge in [-0.2, -0.15) is 0 Å². The molecular weight excluding hydrogens is 322 g/mol. The predicted octanol–water partition coefficient (Wildman–Crippen LogP) is 3.30. The summed E-state index contributed by atoms with van der Waals surface area (Å²) < 4.78 is 5.53. The summed E-state index contributed by atoms with van der Waals surface area (Å²) in [6, 6.07) is 13.7. The third kappa shape index (κ3) is 6.43. The van der Waals surface area contributed by atoms with Gasteiger partial charge in [0.05, 0.1) is 4.88 Å². The van der Waals surface area contributed by atoms with Gasteiger partial charge in [0, 0.05) is 17.5 Å². The van der Waals surface area contributed by atoms with E-state index in [0.717, 1.165) is 23.5 Å². The summed E-state index contributed by atoms with van der Waals surface area (Å²) in [7, 11) is 0. The summed E-state index contributed by atoms with van der Waals surface area (Å²) in [5, 5.41) is 13.3. The van der Waals surface area contributed by atoms with Crippen molar-refractivity contribution in [3.63, 3.8) is 0 Å². The number of para-hydroxylation sites is 1. The summed E-state index contributed by atoms with van der Waals surface area (Å²) in [6.45, 7) is 4.47. The van der Waals surface area contributed by atoms with Crippen LogP contribution in [0.2, 0.25) is 0 Å². The highest BCUT2D eigenvalue weighted by Crippen LogP contribution is 2.19. The molecular formula is C19H25NO3S. The van der Waals surface area contributed by atoms with Gasteiger partial charge in [-0.15, -0.1) is 11.3 Å². The Labute approximate surface area is 147 Å². The summed E-state index contributed by atoms with van der Waals surface area (Å²) in [6.07, 6.45) is 1.35. The predicted molar refractivity (Wildman–Crippen MR) is 98.1 cm³/mol. The van der Waals surface area contributed by atoms with Gasteiger partial charge in [-0.3, -0.25) is 4.79 Å². The third-order valence-electron chi connectivity index (χ3n) is 3.72. The zero-order valence-electron chi connectivity index (χ0n) is 14.2. The van der Waals surface area contributed by atoms with E-state index in [2.05, 4.69) is 12.2 Å². The van der Waals surface area contributed by atoms with Gasteiger partial charge in [0.2, 0.25) is 0 Å². The molecule has 1 heterocycles. The fourth-order valence-corrected chi connectivity index (χ4v) is 3.19. The Kier molecular flexibility index (Phi) is 7.43. The summed E-state index contributed by atoms with van der Waals surface area (Å²) in [5.41, 5.74) is 0. The van der Waals surface area contributed by atoms with Crippen molar-refractivity contribution in [2.24, 2.45) is 0 Å². The van der Waals surface area contributed by atoms with Gasteiger partial charge >= 0.3 is 0 Å². The first-order chi connectivity index (χ1) is 11.5. The van der Waals surface area contributed by atoms with E-state index in [9.17, 15) is 9.90 Å². The molecule has 0 aliphatic heterocycles. The van der Waals surface area contributed by atoms with Crippen LogP contribution >= 0.6 is 11.3 Å². The number of aliphatic hydroxyl groups excluding tert-OH is 1. The Morgan fingerprint density at radius 1 is 1.25 bits per heavy atom. The molecule has 0 saturated carbocycles. The van der Waals surface area contributed by atoms with Crippen molar-refractivity contribution in [2.45, 2.75) is 38.8 Å². The van der Waals surface area contributed by atoms with Crippen molar-refractivity contribution in [1.82, 2.24) is 5.32 Å². The van der Waals surface area contributed by atoms with E-state index in [1.165, 1.54) is 4.88 Å². The number of hydrogen-bond donors (Lipinski definition) is 2. The third-order valence-corrected chi connectivity index (χ3v) is 4.97. The molecule has 2 unspecified atom stereocenters. The fourth-order valence-electron chi connectivity index (χ4n) is 2.27. The molecule has 130 valence electrons. The Balaban J connectivity index is 1.63. The molecule has 2 rings (SSSR count). The first kappa shape index (κ1) is 18.6. The van der Waals surface area contributed by atoms with Crippen molar-refractivity contribution in [3.8, 4) is 5.75 Å². The maximum atomic E-state index is 11.3. The molecule has 24 heavy (non-hydrogen) atoms. The molecule has 0 fully saturated rings. The molecule has 1 aromatic heterocycles. The normalized spacial score (nSPS) is 13.5. The number of aryl methyl sites for hydroxylation is 1. The molecule has 0 bridgehead atoms. The Hall–Kier alpha value is -1.69. The van der Waals surface area contributed by atoms with E-state index < -0.39 is 6.10 Å². The number of benzene rings is 1. The van der Waals surface area contributed by atoms with Gasteiger partial charge < -0.3 is 15.2 Å². The van der Waals surface area contributed by atoms with Gasteiger partial charge in [0.15, 0.2) is 5.78 Å². The van der Waals surface area contributed by atoms with Gasteiger partial charge in [0.25, 0.3) is 0 Å². The van der Waals surface area contributed by atoms with E-state index in [0.29, 0.717) is 12.6 Å². The quantitative estimate of drug-likeness (QED) is 0.648.